The smallest absolute Gasteiger partial charge is 0.250 e. The molecule has 0 aliphatic carbocycles. The average Bonchev–Trinajstić information content (AvgIpc) is 3.42. The van der Waals surface area contributed by atoms with Gasteiger partial charge in [-0.15, -0.1) is 11.3 Å². The molecule has 5 nitrogen and oxygen atoms in total. The quantitative estimate of drug-likeness (QED) is 0.188. The molecule has 0 atom stereocenters. The third kappa shape index (κ3) is 6.52. The molecule has 166 valence electrons. The molecule has 0 fully saturated rings. The van der Waals surface area contributed by atoms with Gasteiger partial charge in [-0.2, -0.15) is 0 Å². The van der Waals surface area contributed by atoms with Gasteiger partial charge >= 0.3 is 0 Å². The molecular formula is C23H14BrCl2N3O2S2. The van der Waals surface area contributed by atoms with Crippen LogP contribution in [0.25, 0.3) is 28.7 Å². The van der Waals surface area contributed by atoms with Gasteiger partial charge in [-0.1, -0.05) is 51.3 Å². The molecule has 4 aromatic rings. The van der Waals surface area contributed by atoms with Crippen molar-refractivity contribution >= 4 is 84.9 Å². The van der Waals surface area contributed by atoms with Crippen molar-refractivity contribution in [1.82, 2.24) is 10.3 Å². The van der Waals surface area contributed by atoms with Crippen LogP contribution in [-0.4, -0.2) is 16.0 Å². The molecule has 0 aliphatic rings. The number of rotatable bonds is 5. The molecule has 2 N–H and O–H groups in total. The topological polar surface area (TPSA) is 67.2 Å². The minimum absolute atomic E-state index is 0.148. The zero-order valence-electron chi connectivity index (χ0n) is 16.6. The Morgan fingerprint density at radius 2 is 1.79 bits per heavy atom. The Morgan fingerprint density at radius 1 is 1.06 bits per heavy atom. The van der Waals surface area contributed by atoms with E-state index in [0.717, 1.165) is 21.3 Å². The number of thiazole rings is 1. The highest BCUT2D eigenvalue weighted by Gasteiger charge is 2.09. The number of halogens is 3. The normalized spacial score (nSPS) is 11.0. The van der Waals surface area contributed by atoms with Crippen LogP contribution in [0.1, 0.15) is 5.76 Å². The van der Waals surface area contributed by atoms with E-state index in [1.54, 1.807) is 36.4 Å². The average molecular weight is 579 g/mol. The van der Waals surface area contributed by atoms with Crippen LogP contribution in [0.2, 0.25) is 10.0 Å². The summed E-state index contributed by atoms with van der Waals surface area (Å²) in [6.07, 6.45) is 2.87. The maximum Gasteiger partial charge on any atom is 0.250 e. The van der Waals surface area contributed by atoms with Crippen LogP contribution in [0.4, 0.5) is 5.13 Å². The van der Waals surface area contributed by atoms with Crippen molar-refractivity contribution in [3.05, 3.63) is 86.3 Å². The number of hydrogen-bond donors (Lipinski definition) is 2. The number of benzene rings is 2. The number of furan rings is 1. The van der Waals surface area contributed by atoms with Gasteiger partial charge in [-0.05, 0) is 60.8 Å². The summed E-state index contributed by atoms with van der Waals surface area (Å²) in [6.45, 7) is 0. The Hall–Kier alpha value is -2.49. The molecule has 0 saturated heterocycles. The summed E-state index contributed by atoms with van der Waals surface area (Å²) in [7, 11) is 0. The summed E-state index contributed by atoms with van der Waals surface area (Å²) >= 11 is 22.1. The maximum absolute atomic E-state index is 12.2. The molecule has 0 saturated carbocycles. The number of anilines is 1. The summed E-state index contributed by atoms with van der Waals surface area (Å²) in [5.74, 6) is 0.678. The Labute approximate surface area is 217 Å². The molecule has 2 aromatic heterocycles. The second-order valence-electron chi connectivity index (χ2n) is 6.68. The van der Waals surface area contributed by atoms with Crippen molar-refractivity contribution in [3.63, 3.8) is 0 Å². The van der Waals surface area contributed by atoms with Crippen molar-refractivity contribution in [2.75, 3.05) is 5.32 Å². The monoisotopic (exact) mass is 577 g/mol. The molecule has 0 radical (unpaired) electrons. The summed E-state index contributed by atoms with van der Waals surface area (Å²) in [6, 6.07) is 16.5. The Morgan fingerprint density at radius 3 is 2.52 bits per heavy atom. The van der Waals surface area contributed by atoms with E-state index in [2.05, 4.69) is 31.5 Å². The molecule has 0 unspecified atom stereocenters. The fourth-order valence-corrected chi connectivity index (χ4v) is 4.59. The molecule has 1 amide bonds. The largest absolute Gasteiger partial charge is 0.457 e. The number of thiocarbonyl (C=S) groups is 1. The second-order valence-corrected chi connectivity index (χ2v) is 9.74. The number of hydrogen-bond acceptors (Lipinski definition) is 5. The summed E-state index contributed by atoms with van der Waals surface area (Å²) in [5, 5.41) is 9.17. The highest BCUT2D eigenvalue weighted by molar-refractivity contribution is 9.10. The second kappa shape index (κ2) is 10.6. The van der Waals surface area contributed by atoms with Crippen molar-refractivity contribution in [3.8, 4) is 22.6 Å². The lowest BCUT2D eigenvalue weighted by Crippen LogP contribution is -2.32. The highest BCUT2D eigenvalue weighted by atomic mass is 79.9. The Balaban J connectivity index is 1.33. The van der Waals surface area contributed by atoms with E-state index in [9.17, 15) is 4.79 Å². The SMILES string of the molecule is O=C(/C=C/c1ccc(-c2cc(Cl)cc(Cl)c2)o1)NC(=S)Nc1nc(-c2ccc(Br)cc2)cs1. The predicted octanol–water partition coefficient (Wildman–Crippen LogP) is 7.67. The molecule has 0 aliphatic heterocycles. The first-order valence-electron chi connectivity index (χ1n) is 9.43. The van der Waals surface area contributed by atoms with Gasteiger partial charge in [0.05, 0.1) is 5.69 Å². The van der Waals surface area contributed by atoms with Crippen molar-refractivity contribution in [2.24, 2.45) is 0 Å². The van der Waals surface area contributed by atoms with E-state index in [1.807, 2.05) is 29.6 Å². The van der Waals surface area contributed by atoms with Crippen LogP contribution in [0.3, 0.4) is 0 Å². The van der Waals surface area contributed by atoms with Gasteiger partial charge in [0.1, 0.15) is 11.5 Å². The molecule has 4 rings (SSSR count). The van der Waals surface area contributed by atoms with E-state index in [0.29, 0.717) is 26.7 Å². The van der Waals surface area contributed by atoms with Gasteiger partial charge in [0.25, 0.3) is 0 Å². The third-order valence-corrected chi connectivity index (χ3v) is 6.20. The first-order chi connectivity index (χ1) is 15.9. The van der Waals surface area contributed by atoms with Crippen LogP contribution in [0.5, 0.6) is 0 Å². The van der Waals surface area contributed by atoms with E-state index < -0.39 is 5.91 Å². The van der Waals surface area contributed by atoms with Crippen LogP contribution >= 0.6 is 62.7 Å². The first kappa shape index (κ1) is 23.7. The Bertz CT molecular complexity index is 1330. The predicted molar refractivity (Wildman–Crippen MR) is 143 cm³/mol. The van der Waals surface area contributed by atoms with Crippen LogP contribution < -0.4 is 10.6 Å². The third-order valence-electron chi connectivity index (χ3n) is 4.27. The van der Waals surface area contributed by atoms with Crippen molar-refractivity contribution in [2.45, 2.75) is 0 Å². The van der Waals surface area contributed by atoms with Crippen molar-refractivity contribution < 1.29 is 9.21 Å². The lowest BCUT2D eigenvalue weighted by Gasteiger charge is -2.04. The minimum atomic E-state index is -0.402. The molecule has 10 heteroatoms. The molecule has 2 aromatic carbocycles. The van der Waals surface area contributed by atoms with E-state index >= 15 is 0 Å². The fraction of sp³-hybridized carbons (Fsp3) is 0. The Kier molecular flexibility index (Phi) is 7.62. The number of aromatic nitrogens is 1. The summed E-state index contributed by atoms with van der Waals surface area (Å²) < 4.78 is 6.74. The molecule has 0 spiro atoms. The van der Waals surface area contributed by atoms with Gasteiger partial charge in [-0.3, -0.25) is 10.1 Å². The van der Waals surface area contributed by atoms with E-state index in [1.165, 1.54) is 17.4 Å². The highest BCUT2D eigenvalue weighted by Crippen LogP contribution is 2.29. The lowest BCUT2D eigenvalue weighted by molar-refractivity contribution is -0.115. The van der Waals surface area contributed by atoms with Gasteiger partial charge < -0.3 is 9.73 Å². The van der Waals surface area contributed by atoms with E-state index in [-0.39, 0.29) is 5.11 Å². The first-order valence-corrected chi connectivity index (χ1v) is 12.3. The van der Waals surface area contributed by atoms with Crippen LogP contribution in [0.15, 0.2) is 74.9 Å². The van der Waals surface area contributed by atoms with Gasteiger partial charge in [-0.25, -0.2) is 4.98 Å². The van der Waals surface area contributed by atoms with Gasteiger partial charge in [0.2, 0.25) is 5.91 Å². The molecule has 33 heavy (non-hydrogen) atoms. The van der Waals surface area contributed by atoms with Gasteiger partial charge in [0.15, 0.2) is 10.2 Å². The molecular weight excluding hydrogens is 565 g/mol. The number of nitrogens with one attached hydrogen (secondary N) is 2. The summed E-state index contributed by atoms with van der Waals surface area (Å²) in [5.41, 5.74) is 2.55. The molecule has 0 bridgehead atoms. The van der Waals surface area contributed by atoms with Crippen molar-refractivity contribution in [1.29, 1.82) is 0 Å². The standard InChI is InChI=1S/C23H14BrCl2N3O2S2/c24-15-3-1-13(2-4-15)19-12-33-23(27-19)29-22(32)28-21(30)8-6-18-5-7-20(31-18)14-9-16(25)11-17(26)10-14/h1-12H,(H2,27,28,29,30,32)/b8-6+. The minimum Gasteiger partial charge on any atom is -0.457 e. The van der Waals surface area contributed by atoms with Gasteiger partial charge in [0, 0.05) is 37.1 Å². The van der Waals surface area contributed by atoms with Crippen LogP contribution in [0, 0.1) is 0 Å². The zero-order chi connectivity index (χ0) is 23.4. The lowest BCUT2D eigenvalue weighted by atomic mass is 10.2. The van der Waals surface area contributed by atoms with Crippen LogP contribution in [-0.2, 0) is 4.79 Å². The number of carbonyl (C=O) groups is 1. The maximum atomic E-state index is 12.2. The fourth-order valence-electron chi connectivity index (χ4n) is 2.82. The zero-order valence-corrected chi connectivity index (χ0v) is 21.4. The number of carbonyl (C=O) groups excluding carboxylic acids is 1. The van der Waals surface area contributed by atoms with E-state index in [4.69, 9.17) is 39.8 Å². The summed E-state index contributed by atoms with van der Waals surface area (Å²) in [4.78, 5) is 16.7. The number of nitrogens with zero attached hydrogens (tertiary/aromatic N) is 1. The number of amides is 1. The molecule has 2 heterocycles.